The van der Waals surface area contributed by atoms with Crippen molar-refractivity contribution in [3.8, 4) is 0 Å². The zero-order valence-corrected chi connectivity index (χ0v) is 27.8. The first-order chi connectivity index (χ1) is 20.6. The summed E-state index contributed by atoms with van der Waals surface area (Å²) >= 11 is 0. The van der Waals surface area contributed by atoms with E-state index in [0.717, 1.165) is 64.2 Å². The van der Waals surface area contributed by atoms with E-state index >= 15 is 0 Å². The molecule has 5 nitrogen and oxygen atoms in total. The number of carbonyl (C=O) groups excluding carboxylic acids is 2. The van der Waals surface area contributed by atoms with Gasteiger partial charge in [0.15, 0.2) is 0 Å². The maximum Gasteiger partial charge on any atom is 0.305 e. The van der Waals surface area contributed by atoms with Crippen molar-refractivity contribution in [3.05, 3.63) is 24.3 Å². The lowest BCUT2D eigenvalue weighted by Gasteiger charge is -2.12. The molecule has 1 N–H and O–H groups in total. The summed E-state index contributed by atoms with van der Waals surface area (Å²) in [6, 6.07) is 0. The fraction of sp³-hybridized carbons (Fsp3) is 0.838. The molecular formula is C37H68O5. The van der Waals surface area contributed by atoms with Gasteiger partial charge in [-0.1, -0.05) is 128 Å². The molecule has 0 atom stereocenters. The van der Waals surface area contributed by atoms with Gasteiger partial charge >= 0.3 is 11.9 Å². The van der Waals surface area contributed by atoms with Crippen molar-refractivity contribution < 1.29 is 24.2 Å². The topological polar surface area (TPSA) is 72.8 Å². The Bertz CT molecular complexity index is 588. The Kier molecular flexibility index (Phi) is 32.6. The minimum atomic E-state index is -0.968. The predicted octanol–water partition coefficient (Wildman–Crippen LogP) is 10.7. The number of esters is 2. The third kappa shape index (κ3) is 32.9. The Morgan fingerprint density at radius 2 is 0.762 bits per heavy atom. The van der Waals surface area contributed by atoms with Crippen LogP contribution in [0.15, 0.2) is 24.3 Å². The van der Waals surface area contributed by atoms with Crippen LogP contribution in [0.25, 0.3) is 0 Å². The second-order valence-electron chi connectivity index (χ2n) is 12.0. The van der Waals surface area contributed by atoms with Gasteiger partial charge in [0.25, 0.3) is 0 Å². The van der Waals surface area contributed by atoms with Crippen molar-refractivity contribution >= 4 is 11.9 Å². The fourth-order valence-corrected chi connectivity index (χ4v) is 4.90. The van der Waals surface area contributed by atoms with Crippen LogP contribution in [-0.4, -0.2) is 36.4 Å². The van der Waals surface area contributed by atoms with E-state index in [1.165, 1.54) is 89.9 Å². The quantitative estimate of drug-likeness (QED) is 0.0478. The third-order valence-corrected chi connectivity index (χ3v) is 7.66. The van der Waals surface area contributed by atoms with Gasteiger partial charge in [-0.3, -0.25) is 9.59 Å². The maximum absolute atomic E-state index is 11.9. The molecule has 0 amide bonds. The fourth-order valence-electron chi connectivity index (χ4n) is 4.90. The Morgan fingerprint density at radius 1 is 0.476 bits per heavy atom. The van der Waals surface area contributed by atoms with Crippen LogP contribution in [0.1, 0.15) is 181 Å². The Hall–Kier alpha value is -1.62. The molecular weight excluding hydrogens is 524 g/mol. The first-order valence-corrected chi connectivity index (χ1v) is 17.9. The molecule has 0 aromatic carbocycles. The molecule has 0 rings (SSSR count). The Labute approximate surface area is 260 Å². The molecule has 246 valence electrons. The summed E-state index contributed by atoms with van der Waals surface area (Å²) in [4.78, 5) is 23.8. The normalized spacial score (nSPS) is 11.7. The molecule has 0 spiro atoms. The summed E-state index contributed by atoms with van der Waals surface area (Å²) in [5.41, 5.74) is 0. The molecule has 0 heterocycles. The SMILES string of the molecule is CCCCCCCC/C=C\CCCCCCC(=O)OCC(O)COC(=O)CCCCCC/C=C\CCCCCCCC. The molecule has 0 aromatic rings. The second kappa shape index (κ2) is 33.9. The van der Waals surface area contributed by atoms with Crippen LogP contribution in [0.5, 0.6) is 0 Å². The Balaban J connectivity index is 3.47. The van der Waals surface area contributed by atoms with E-state index < -0.39 is 6.10 Å². The number of allylic oxidation sites excluding steroid dienone is 4. The standard InChI is InChI=1S/C37H68O5/c1-3-5-7-9-11-13-15-17-19-21-23-25-27-29-31-36(39)41-33-35(38)34-42-37(40)32-30-28-26-24-22-20-18-16-14-12-10-8-6-4-2/h17-20,35,38H,3-16,21-34H2,1-2H3/b19-17-,20-18-. The molecule has 5 heteroatoms. The van der Waals surface area contributed by atoms with E-state index in [1.54, 1.807) is 0 Å². The van der Waals surface area contributed by atoms with Gasteiger partial charge in [-0.05, 0) is 64.2 Å². The molecule has 0 aliphatic rings. The molecule has 0 unspecified atom stereocenters. The highest BCUT2D eigenvalue weighted by molar-refractivity contribution is 5.69. The second-order valence-corrected chi connectivity index (χ2v) is 12.0. The van der Waals surface area contributed by atoms with Gasteiger partial charge < -0.3 is 14.6 Å². The number of aliphatic hydroxyl groups is 1. The molecule has 0 saturated carbocycles. The summed E-state index contributed by atoms with van der Waals surface area (Å²) in [7, 11) is 0. The summed E-state index contributed by atoms with van der Waals surface area (Å²) in [6.45, 7) is 4.26. The van der Waals surface area contributed by atoms with Crippen molar-refractivity contribution in [2.45, 2.75) is 187 Å². The zero-order valence-electron chi connectivity index (χ0n) is 27.8. The molecule has 0 bridgehead atoms. The number of unbranched alkanes of at least 4 members (excludes halogenated alkanes) is 20. The van der Waals surface area contributed by atoms with Gasteiger partial charge in [0.05, 0.1) is 0 Å². The van der Waals surface area contributed by atoms with E-state index in [-0.39, 0.29) is 25.2 Å². The van der Waals surface area contributed by atoms with Crippen LogP contribution in [-0.2, 0) is 19.1 Å². The van der Waals surface area contributed by atoms with Crippen LogP contribution in [0, 0.1) is 0 Å². The van der Waals surface area contributed by atoms with E-state index in [1.807, 2.05) is 0 Å². The summed E-state index contributed by atoms with van der Waals surface area (Å²) < 4.78 is 10.3. The average Bonchev–Trinajstić information content (AvgIpc) is 2.99. The number of hydrogen-bond donors (Lipinski definition) is 1. The van der Waals surface area contributed by atoms with Gasteiger partial charge in [-0.2, -0.15) is 0 Å². The van der Waals surface area contributed by atoms with Crippen molar-refractivity contribution in [3.63, 3.8) is 0 Å². The van der Waals surface area contributed by atoms with Crippen LogP contribution >= 0.6 is 0 Å². The predicted molar refractivity (Wildman–Crippen MR) is 178 cm³/mol. The van der Waals surface area contributed by atoms with Gasteiger partial charge in [-0.25, -0.2) is 0 Å². The summed E-state index contributed by atoms with van der Waals surface area (Å²) in [5.74, 6) is -0.590. The van der Waals surface area contributed by atoms with Crippen molar-refractivity contribution in [1.82, 2.24) is 0 Å². The maximum atomic E-state index is 11.9. The highest BCUT2D eigenvalue weighted by Crippen LogP contribution is 2.11. The van der Waals surface area contributed by atoms with Gasteiger partial charge in [0.2, 0.25) is 0 Å². The lowest BCUT2D eigenvalue weighted by atomic mass is 10.1. The number of hydrogen-bond acceptors (Lipinski definition) is 5. The lowest BCUT2D eigenvalue weighted by molar-refractivity contribution is -0.152. The lowest BCUT2D eigenvalue weighted by Crippen LogP contribution is -2.25. The van der Waals surface area contributed by atoms with Gasteiger partial charge in [0.1, 0.15) is 19.3 Å². The van der Waals surface area contributed by atoms with Crippen molar-refractivity contribution in [2.75, 3.05) is 13.2 Å². The zero-order chi connectivity index (χ0) is 30.8. The van der Waals surface area contributed by atoms with Crippen molar-refractivity contribution in [2.24, 2.45) is 0 Å². The minimum Gasteiger partial charge on any atom is -0.463 e. The Morgan fingerprint density at radius 3 is 1.10 bits per heavy atom. The third-order valence-electron chi connectivity index (χ3n) is 7.66. The average molecular weight is 593 g/mol. The number of rotatable bonds is 32. The first-order valence-electron chi connectivity index (χ1n) is 17.9. The van der Waals surface area contributed by atoms with Crippen LogP contribution in [0.2, 0.25) is 0 Å². The molecule has 0 aromatic heterocycles. The molecule has 42 heavy (non-hydrogen) atoms. The van der Waals surface area contributed by atoms with Crippen LogP contribution in [0.4, 0.5) is 0 Å². The highest BCUT2D eigenvalue weighted by Gasteiger charge is 2.12. The largest absolute Gasteiger partial charge is 0.463 e. The first kappa shape index (κ1) is 40.4. The number of ether oxygens (including phenoxy) is 2. The monoisotopic (exact) mass is 593 g/mol. The van der Waals surface area contributed by atoms with E-state index in [4.69, 9.17) is 9.47 Å². The minimum absolute atomic E-state index is 0.123. The van der Waals surface area contributed by atoms with E-state index in [2.05, 4.69) is 38.2 Å². The van der Waals surface area contributed by atoms with E-state index in [9.17, 15) is 14.7 Å². The van der Waals surface area contributed by atoms with Crippen LogP contribution in [0.3, 0.4) is 0 Å². The van der Waals surface area contributed by atoms with Crippen LogP contribution < -0.4 is 0 Å². The summed E-state index contributed by atoms with van der Waals surface area (Å²) in [5, 5.41) is 9.97. The molecule has 0 radical (unpaired) electrons. The number of aliphatic hydroxyl groups excluding tert-OH is 1. The summed E-state index contributed by atoms with van der Waals surface area (Å²) in [6.07, 6.45) is 37.9. The van der Waals surface area contributed by atoms with E-state index in [0.29, 0.717) is 12.8 Å². The smallest absolute Gasteiger partial charge is 0.305 e. The van der Waals surface area contributed by atoms with Gasteiger partial charge in [0, 0.05) is 12.8 Å². The molecule has 0 fully saturated rings. The molecule has 0 aliphatic carbocycles. The van der Waals surface area contributed by atoms with Gasteiger partial charge in [-0.15, -0.1) is 0 Å². The van der Waals surface area contributed by atoms with Crippen molar-refractivity contribution in [1.29, 1.82) is 0 Å². The highest BCUT2D eigenvalue weighted by atomic mass is 16.6. The number of carbonyl (C=O) groups is 2. The molecule has 0 saturated heterocycles. The molecule has 0 aliphatic heterocycles.